The lowest BCUT2D eigenvalue weighted by Crippen LogP contribution is -2.51. The molecule has 0 aromatic carbocycles. The van der Waals surface area contributed by atoms with Crippen LogP contribution in [-0.2, 0) is 4.79 Å². The third-order valence-corrected chi connectivity index (χ3v) is 3.72. The molecule has 0 aromatic heterocycles. The van der Waals surface area contributed by atoms with Gasteiger partial charge in [0.2, 0.25) is 0 Å². The second-order valence-electron chi connectivity index (χ2n) is 5.11. The predicted octanol–water partition coefficient (Wildman–Crippen LogP) is 2.56. The fraction of sp³-hybridized carbons (Fsp3) is 0.857. The van der Waals surface area contributed by atoms with Gasteiger partial charge in [-0.15, -0.1) is 0 Å². The number of hydrogen-bond acceptors (Lipinski definition) is 2. The monoisotopic (exact) mass is 270 g/mol. The summed E-state index contributed by atoms with van der Waals surface area (Å²) in [6.07, 6.45) is 5.38. The molecule has 110 valence electrons. The van der Waals surface area contributed by atoms with Crippen LogP contribution in [0.5, 0.6) is 0 Å². The molecular weight excluding hydrogens is 244 g/mol. The van der Waals surface area contributed by atoms with E-state index in [2.05, 4.69) is 6.92 Å². The summed E-state index contributed by atoms with van der Waals surface area (Å²) in [7, 11) is 0. The van der Waals surface area contributed by atoms with E-state index in [-0.39, 0.29) is 6.03 Å². The Morgan fingerprint density at radius 3 is 2.58 bits per heavy atom. The Hall–Kier alpha value is -1.26. The van der Waals surface area contributed by atoms with Crippen LogP contribution in [-0.4, -0.2) is 52.6 Å². The van der Waals surface area contributed by atoms with E-state index in [0.29, 0.717) is 26.1 Å². The van der Waals surface area contributed by atoms with Crippen LogP contribution in [0.2, 0.25) is 0 Å². The second kappa shape index (κ2) is 8.02. The molecule has 0 bridgehead atoms. The van der Waals surface area contributed by atoms with Crippen LogP contribution < -0.4 is 0 Å². The molecule has 0 spiro atoms. The minimum absolute atomic E-state index is 0.106. The lowest BCUT2D eigenvalue weighted by molar-refractivity contribution is -0.142. The largest absolute Gasteiger partial charge is 0.480 e. The van der Waals surface area contributed by atoms with E-state index in [4.69, 9.17) is 0 Å². The van der Waals surface area contributed by atoms with Crippen LogP contribution in [0.3, 0.4) is 0 Å². The van der Waals surface area contributed by atoms with Crippen molar-refractivity contribution >= 4 is 12.0 Å². The summed E-state index contributed by atoms with van der Waals surface area (Å²) in [5.41, 5.74) is 0. The Morgan fingerprint density at radius 1 is 1.26 bits per heavy atom. The predicted molar refractivity (Wildman–Crippen MR) is 74.1 cm³/mol. The molecule has 1 N–H and O–H groups in total. The number of rotatable bonds is 5. The van der Waals surface area contributed by atoms with Crippen LogP contribution in [0.25, 0.3) is 0 Å². The second-order valence-corrected chi connectivity index (χ2v) is 5.11. The maximum atomic E-state index is 12.5. The highest BCUT2D eigenvalue weighted by Crippen LogP contribution is 2.19. The minimum atomic E-state index is -0.873. The number of nitrogens with zero attached hydrogens (tertiary/aromatic N) is 2. The quantitative estimate of drug-likeness (QED) is 0.835. The Balaban J connectivity index is 2.76. The standard InChI is InChI=1S/C14H26N2O3/c1-3-5-10-15(4-2)14(19)16-11-8-6-7-9-12(16)13(17)18/h12H,3-11H2,1-2H3,(H,17,18). The van der Waals surface area contributed by atoms with Crippen molar-refractivity contribution in [3.05, 3.63) is 0 Å². The highest BCUT2D eigenvalue weighted by Gasteiger charge is 2.32. The normalized spacial score (nSPS) is 19.9. The highest BCUT2D eigenvalue weighted by atomic mass is 16.4. The molecule has 1 aliphatic heterocycles. The molecule has 1 fully saturated rings. The Morgan fingerprint density at radius 2 is 2.00 bits per heavy atom. The van der Waals surface area contributed by atoms with Gasteiger partial charge in [-0.1, -0.05) is 26.2 Å². The van der Waals surface area contributed by atoms with Crippen LogP contribution in [0.1, 0.15) is 52.4 Å². The first-order valence-corrected chi connectivity index (χ1v) is 7.40. The van der Waals surface area contributed by atoms with Gasteiger partial charge < -0.3 is 14.9 Å². The number of carbonyl (C=O) groups excluding carboxylic acids is 1. The number of aliphatic carboxylic acids is 1. The minimum Gasteiger partial charge on any atom is -0.480 e. The zero-order valence-corrected chi connectivity index (χ0v) is 12.1. The van der Waals surface area contributed by atoms with Gasteiger partial charge in [0, 0.05) is 19.6 Å². The average molecular weight is 270 g/mol. The fourth-order valence-electron chi connectivity index (χ4n) is 2.51. The SMILES string of the molecule is CCCCN(CC)C(=O)N1CCCCCC1C(=O)O. The Labute approximate surface area is 115 Å². The van der Waals surface area contributed by atoms with Gasteiger partial charge in [-0.05, 0) is 26.2 Å². The summed E-state index contributed by atoms with van der Waals surface area (Å²) < 4.78 is 0. The molecule has 1 atom stereocenters. The molecule has 0 aromatic rings. The summed E-state index contributed by atoms with van der Waals surface area (Å²) in [5.74, 6) is -0.873. The molecule has 0 aliphatic carbocycles. The van der Waals surface area contributed by atoms with Gasteiger partial charge in [0.1, 0.15) is 6.04 Å². The van der Waals surface area contributed by atoms with Crippen molar-refractivity contribution < 1.29 is 14.7 Å². The average Bonchev–Trinajstić information content (AvgIpc) is 2.64. The first-order chi connectivity index (χ1) is 9.11. The summed E-state index contributed by atoms with van der Waals surface area (Å²) in [6, 6.07) is -0.754. The van der Waals surface area contributed by atoms with Gasteiger partial charge in [0.15, 0.2) is 0 Å². The van der Waals surface area contributed by atoms with Crippen LogP contribution in [0.4, 0.5) is 4.79 Å². The van der Waals surface area contributed by atoms with Crippen LogP contribution >= 0.6 is 0 Å². The lowest BCUT2D eigenvalue weighted by atomic mass is 10.1. The third kappa shape index (κ3) is 4.40. The van der Waals surface area contributed by atoms with Gasteiger partial charge in [-0.25, -0.2) is 9.59 Å². The molecule has 1 aliphatic rings. The Kier molecular flexibility index (Phi) is 6.67. The molecule has 5 nitrogen and oxygen atoms in total. The van der Waals surface area contributed by atoms with Gasteiger partial charge in [-0.2, -0.15) is 0 Å². The van der Waals surface area contributed by atoms with Crippen molar-refractivity contribution in [3.63, 3.8) is 0 Å². The van der Waals surface area contributed by atoms with E-state index in [1.165, 1.54) is 0 Å². The van der Waals surface area contributed by atoms with E-state index >= 15 is 0 Å². The third-order valence-electron chi connectivity index (χ3n) is 3.72. The zero-order valence-electron chi connectivity index (χ0n) is 12.1. The van der Waals surface area contributed by atoms with Gasteiger partial charge in [0.05, 0.1) is 0 Å². The van der Waals surface area contributed by atoms with Crippen LogP contribution in [0.15, 0.2) is 0 Å². The molecule has 1 saturated heterocycles. The first-order valence-electron chi connectivity index (χ1n) is 7.40. The van der Waals surface area contributed by atoms with Gasteiger partial charge in [0.25, 0.3) is 0 Å². The summed E-state index contributed by atoms with van der Waals surface area (Å²) in [4.78, 5) is 27.2. The molecule has 19 heavy (non-hydrogen) atoms. The van der Waals surface area contributed by atoms with Gasteiger partial charge >= 0.3 is 12.0 Å². The van der Waals surface area contributed by atoms with Crippen molar-refractivity contribution in [2.45, 2.75) is 58.4 Å². The van der Waals surface area contributed by atoms with Crippen molar-refractivity contribution in [3.8, 4) is 0 Å². The number of carboxylic acid groups (broad SMARTS) is 1. The van der Waals surface area contributed by atoms with E-state index < -0.39 is 12.0 Å². The molecule has 0 saturated carbocycles. The number of unbranched alkanes of at least 4 members (excludes halogenated alkanes) is 1. The lowest BCUT2D eigenvalue weighted by Gasteiger charge is -2.32. The number of carboxylic acids is 1. The first kappa shape index (κ1) is 15.8. The summed E-state index contributed by atoms with van der Waals surface area (Å²) >= 11 is 0. The maximum Gasteiger partial charge on any atom is 0.326 e. The Bertz CT molecular complexity index is 307. The number of urea groups is 1. The maximum absolute atomic E-state index is 12.5. The molecule has 1 rings (SSSR count). The van der Waals surface area contributed by atoms with Crippen molar-refractivity contribution in [1.82, 2.24) is 9.80 Å². The highest BCUT2D eigenvalue weighted by molar-refractivity contribution is 5.82. The number of amides is 2. The molecular formula is C14H26N2O3. The summed E-state index contributed by atoms with van der Waals surface area (Å²) in [5, 5.41) is 9.30. The molecule has 2 amide bonds. The summed E-state index contributed by atoms with van der Waals surface area (Å²) in [6.45, 7) is 5.96. The van der Waals surface area contributed by atoms with Crippen molar-refractivity contribution in [1.29, 1.82) is 0 Å². The van der Waals surface area contributed by atoms with E-state index in [1.807, 2.05) is 6.92 Å². The smallest absolute Gasteiger partial charge is 0.326 e. The molecule has 5 heteroatoms. The zero-order chi connectivity index (χ0) is 14.3. The van der Waals surface area contributed by atoms with E-state index in [9.17, 15) is 14.7 Å². The number of carbonyl (C=O) groups is 2. The van der Waals surface area contributed by atoms with E-state index in [1.54, 1.807) is 9.80 Å². The fourth-order valence-corrected chi connectivity index (χ4v) is 2.51. The number of hydrogen-bond donors (Lipinski definition) is 1. The van der Waals surface area contributed by atoms with Gasteiger partial charge in [-0.3, -0.25) is 0 Å². The topological polar surface area (TPSA) is 60.9 Å². The number of likely N-dealkylation sites (tertiary alicyclic amines) is 1. The molecule has 1 heterocycles. The van der Waals surface area contributed by atoms with Crippen LogP contribution in [0, 0.1) is 0 Å². The van der Waals surface area contributed by atoms with Crippen molar-refractivity contribution in [2.75, 3.05) is 19.6 Å². The molecule has 0 radical (unpaired) electrons. The van der Waals surface area contributed by atoms with E-state index in [0.717, 1.165) is 32.1 Å². The molecule has 1 unspecified atom stereocenters. The van der Waals surface area contributed by atoms with Crippen molar-refractivity contribution in [2.24, 2.45) is 0 Å².